The molecule has 20 heavy (non-hydrogen) atoms. The van der Waals surface area contributed by atoms with E-state index < -0.39 is 11.6 Å². The summed E-state index contributed by atoms with van der Waals surface area (Å²) in [5.74, 6) is -0.318. The largest absolute Gasteiger partial charge is 0.378 e. The molecule has 0 bridgehead atoms. The number of urea groups is 1. The van der Waals surface area contributed by atoms with Gasteiger partial charge in [0.05, 0.1) is 13.2 Å². The van der Waals surface area contributed by atoms with Crippen LogP contribution < -0.4 is 15.5 Å². The summed E-state index contributed by atoms with van der Waals surface area (Å²) in [4.78, 5) is 25.4. The van der Waals surface area contributed by atoms with E-state index in [-0.39, 0.29) is 5.91 Å². The van der Waals surface area contributed by atoms with Crippen LogP contribution in [0.5, 0.6) is 0 Å². The number of carbonyl (C=O) groups is 2. The molecule has 0 unspecified atom stereocenters. The Balaban J connectivity index is 1.82. The third-order valence-electron chi connectivity index (χ3n) is 3.87. The highest BCUT2D eigenvalue weighted by atomic mass is 16.5. The van der Waals surface area contributed by atoms with Crippen LogP contribution in [0, 0.1) is 0 Å². The maximum Gasteiger partial charge on any atom is 0.322 e. The quantitative estimate of drug-likeness (QED) is 0.775. The summed E-state index contributed by atoms with van der Waals surface area (Å²) in [6.07, 6.45) is 0. The fourth-order valence-electron chi connectivity index (χ4n) is 2.57. The van der Waals surface area contributed by atoms with Gasteiger partial charge in [0.1, 0.15) is 5.54 Å². The van der Waals surface area contributed by atoms with Crippen molar-refractivity contribution in [2.75, 3.05) is 31.2 Å². The van der Waals surface area contributed by atoms with Gasteiger partial charge in [0.15, 0.2) is 0 Å². The van der Waals surface area contributed by atoms with Crippen molar-refractivity contribution in [2.24, 2.45) is 0 Å². The Morgan fingerprint density at radius 2 is 1.80 bits per heavy atom. The molecule has 2 saturated heterocycles. The summed E-state index contributed by atoms with van der Waals surface area (Å²) in [5.41, 5.74) is 0.893. The molecule has 3 rings (SSSR count). The molecular formula is C14H17N3O3. The lowest BCUT2D eigenvalue weighted by Gasteiger charge is -2.29. The number of anilines is 1. The van der Waals surface area contributed by atoms with Crippen LogP contribution in [0.15, 0.2) is 24.3 Å². The Kier molecular flexibility index (Phi) is 3.10. The van der Waals surface area contributed by atoms with Crippen LogP contribution in [-0.4, -0.2) is 38.2 Å². The van der Waals surface area contributed by atoms with Gasteiger partial charge < -0.3 is 15.0 Å². The van der Waals surface area contributed by atoms with Crippen molar-refractivity contribution in [3.8, 4) is 0 Å². The van der Waals surface area contributed by atoms with E-state index >= 15 is 0 Å². The third kappa shape index (κ3) is 2.12. The maximum absolute atomic E-state index is 11.9. The van der Waals surface area contributed by atoms with Gasteiger partial charge in [-0.1, -0.05) is 12.1 Å². The molecule has 0 spiro atoms. The number of ether oxygens (including phenoxy) is 1. The second-order valence-corrected chi connectivity index (χ2v) is 5.18. The number of carbonyl (C=O) groups excluding carboxylic acids is 2. The second kappa shape index (κ2) is 4.79. The molecule has 1 aromatic rings. The zero-order chi connectivity index (χ0) is 14.2. The summed E-state index contributed by atoms with van der Waals surface area (Å²) in [6, 6.07) is 7.27. The van der Waals surface area contributed by atoms with Crippen molar-refractivity contribution >= 4 is 17.6 Å². The van der Waals surface area contributed by atoms with Crippen LogP contribution >= 0.6 is 0 Å². The minimum absolute atomic E-state index is 0.318. The normalized spacial score (nSPS) is 26.4. The van der Waals surface area contributed by atoms with Crippen molar-refractivity contribution in [3.05, 3.63) is 29.8 Å². The average molecular weight is 275 g/mol. The number of nitrogens with zero attached hydrogens (tertiary/aromatic N) is 1. The molecule has 3 amide bonds. The van der Waals surface area contributed by atoms with Crippen LogP contribution in [0.4, 0.5) is 10.5 Å². The fourth-order valence-corrected chi connectivity index (χ4v) is 2.57. The average Bonchev–Trinajstić information content (AvgIpc) is 2.74. The topological polar surface area (TPSA) is 70.7 Å². The third-order valence-corrected chi connectivity index (χ3v) is 3.87. The van der Waals surface area contributed by atoms with E-state index in [4.69, 9.17) is 4.74 Å². The van der Waals surface area contributed by atoms with Gasteiger partial charge in [-0.05, 0) is 24.6 Å². The standard InChI is InChI=1S/C14H17N3O3/c1-14(12(18)15-13(19)16-14)10-2-4-11(5-3-10)17-6-8-20-9-7-17/h2-5H,6-9H2,1H3,(H2,15,16,18,19)/t14-/m0/s1. The fraction of sp³-hybridized carbons (Fsp3) is 0.429. The number of hydrogen-bond acceptors (Lipinski definition) is 4. The van der Waals surface area contributed by atoms with Crippen LogP contribution in [0.25, 0.3) is 0 Å². The highest BCUT2D eigenvalue weighted by Crippen LogP contribution is 2.26. The van der Waals surface area contributed by atoms with Gasteiger partial charge in [-0.25, -0.2) is 4.79 Å². The van der Waals surface area contributed by atoms with E-state index in [2.05, 4.69) is 15.5 Å². The molecule has 2 aliphatic heterocycles. The molecule has 6 nitrogen and oxygen atoms in total. The number of rotatable bonds is 2. The predicted octanol–water partition coefficient (Wildman–Crippen LogP) is 0.578. The van der Waals surface area contributed by atoms with Gasteiger partial charge in [0.2, 0.25) is 0 Å². The Morgan fingerprint density at radius 1 is 1.15 bits per heavy atom. The lowest BCUT2D eigenvalue weighted by Crippen LogP contribution is -2.40. The van der Waals surface area contributed by atoms with Gasteiger partial charge in [-0.2, -0.15) is 0 Å². The molecular weight excluding hydrogens is 258 g/mol. The van der Waals surface area contributed by atoms with E-state index in [0.29, 0.717) is 0 Å². The summed E-state index contributed by atoms with van der Waals surface area (Å²) < 4.78 is 5.33. The van der Waals surface area contributed by atoms with Crippen LogP contribution in [0.3, 0.4) is 0 Å². The van der Waals surface area contributed by atoms with E-state index in [1.165, 1.54) is 0 Å². The molecule has 2 fully saturated rings. The molecule has 2 heterocycles. The molecule has 2 aliphatic rings. The van der Waals surface area contributed by atoms with Gasteiger partial charge in [-0.3, -0.25) is 10.1 Å². The molecule has 0 radical (unpaired) electrons. The van der Waals surface area contributed by atoms with Gasteiger partial charge in [-0.15, -0.1) is 0 Å². The zero-order valence-corrected chi connectivity index (χ0v) is 11.3. The lowest BCUT2D eigenvalue weighted by molar-refractivity contribution is -0.123. The van der Waals surface area contributed by atoms with Crippen LogP contribution in [-0.2, 0) is 15.1 Å². The van der Waals surface area contributed by atoms with E-state index in [9.17, 15) is 9.59 Å². The minimum atomic E-state index is -0.985. The van der Waals surface area contributed by atoms with Crippen LogP contribution in [0.1, 0.15) is 12.5 Å². The molecule has 1 aromatic carbocycles. The lowest BCUT2D eigenvalue weighted by atomic mass is 9.92. The van der Waals surface area contributed by atoms with Crippen LogP contribution in [0.2, 0.25) is 0 Å². The summed E-state index contributed by atoms with van der Waals surface area (Å²) in [7, 11) is 0. The van der Waals surface area contributed by atoms with Crippen molar-refractivity contribution in [2.45, 2.75) is 12.5 Å². The highest BCUT2D eigenvalue weighted by Gasteiger charge is 2.43. The van der Waals surface area contributed by atoms with Crippen molar-refractivity contribution < 1.29 is 14.3 Å². The highest BCUT2D eigenvalue weighted by molar-refractivity contribution is 6.07. The van der Waals surface area contributed by atoms with Crippen molar-refractivity contribution in [3.63, 3.8) is 0 Å². The monoisotopic (exact) mass is 275 g/mol. The first-order chi connectivity index (χ1) is 9.59. The Labute approximate surface area is 117 Å². The van der Waals surface area contributed by atoms with Gasteiger partial charge in [0, 0.05) is 18.8 Å². The van der Waals surface area contributed by atoms with E-state index in [1.807, 2.05) is 24.3 Å². The number of morpholine rings is 1. The number of imide groups is 1. The molecule has 2 N–H and O–H groups in total. The van der Waals surface area contributed by atoms with Crippen molar-refractivity contribution in [1.29, 1.82) is 0 Å². The molecule has 0 aliphatic carbocycles. The molecule has 6 heteroatoms. The van der Waals surface area contributed by atoms with E-state index in [0.717, 1.165) is 37.6 Å². The molecule has 106 valence electrons. The second-order valence-electron chi connectivity index (χ2n) is 5.18. The predicted molar refractivity (Wildman–Crippen MR) is 73.5 cm³/mol. The summed E-state index contributed by atoms with van der Waals surface area (Å²) in [5, 5.41) is 4.93. The Hall–Kier alpha value is -2.08. The number of amides is 3. The molecule has 0 saturated carbocycles. The van der Waals surface area contributed by atoms with Gasteiger partial charge >= 0.3 is 6.03 Å². The van der Waals surface area contributed by atoms with Gasteiger partial charge in [0.25, 0.3) is 5.91 Å². The number of nitrogens with one attached hydrogen (secondary N) is 2. The number of hydrogen-bond donors (Lipinski definition) is 2. The molecule has 0 aromatic heterocycles. The Bertz CT molecular complexity index is 537. The first-order valence-electron chi connectivity index (χ1n) is 6.66. The minimum Gasteiger partial charge on any atom is -0.378 e. The maximum atomic E-state index is 11.9. The molecule has 1 atom stereocenters. The number of benzene rings is 1. The first kappa shape index (κ1) is 12.9. The first-order valence-corrected chi connectivity index (χ1v) is 6.66. The smallest absolute Gasteiger partial charge is 0.322 e. The van der Waals surface area contributed by atoms with Crippen molar-refractivity contribution in [1.82, 2.24) is 10.6 Å². The summed E-state index contributed by atoms with van der Waals surface area (Å²) in [6.45, 7) is 4.91. The van der Waals surface area contributed by atoms with E-state index in [1.54, 1.807) is 6.92 Å². The zero-order valence-electron chi connectivity index (χ0n) is 11.3. The Morgan fingerprint density at radius 3 is 2.35 bits per heavy atom. The SMILES string of the molecule is C[C@@]1(c2ccc(N3CCOCC3)cc2)NC(=O)NC1=O. The summed E-state index contributed by atoms with van der Waals surface area (Å²) >= 11 is 0.